The van der Waals surface area contributed by atoms with E-state index in [1.54, 1.807) is 5.57 Å². The van der Waals surface area contributed by atoms with Crippen molar-refractivity contribution in [1.29, 1.82) is 0 Å². The minimum absolute atomic E-state index is 0.140. The van der Waals surface area contributed by atoms with Crippen molar-refractivity contribution in [3.8, 4) is 0 Å². The number of allylic oxidation sites excluding steroid dienone is 4. The third kappa shape index (κ3) is 4.61. The van der Waals surface area contributed by atoms with Crippen molar-refractivity contribution in [2.24, 2.45) is 51.8 Å². The molecule has 244 valence electrons. The number of rotatable bonds is 5. The molecule has 7 aliphatic rings. The van der Waals surface area contributed by atoms with Crippen molar-refractivity contribution in [1.82, 2.24) is 10.2 Å². The zero-order valence-electron chi connectivity index (χ0n) is 28.0. The topological polar surface area (TPSA) is 78.9 Å². The number of carboxylic acids is 1. The number of amides is 1. The maximum atomic E-state index is 13.1. The predicted octanol–water partition coefficient (Wildman–Crippen LogP) is 7.00. The van der Waals surface area contributed by atoms with E-state index in [2.05, 4.69) is 45.2 Å². The van der Waals surface area contributed by atoms with Crippen LogP contribution in [0, 0.1) is 51.8 Å². The van der Waals surface area contributed by atoms with Gasteiger partial charge in [0, 0.05) is 18.6 Å². The Hall–Kier alpha value is -1.66. The Morgan fingerprint density at radius 1 is 0.932 bits per heavy atom. The van der Waals surface area contributed by atoms with Crippen LogP contribution in [0.15, 0.2) is 23.3 Å². The number of aliphatic carboxylic acids is 1. The van der Waals surface area contributed by atoms with Crippen molar-refractivity contribution in [2.75, 3.05) is 32.8 Å². The molecule has 4 saturated carbocycles. The average Bonchev–Trinajstić information content (AvgIpc) is 3.45. The molecule has 6 nitrogen and oxygen atoms in total. The lowest BCUT2D eigenvalue weighted by Gasteiger charge is -2.71. The number of carbonyl (C=O) groups excluding carboxylic acids is 1. The number of hydrogen-bond acceptors (Lipinski definition) is 4. The summed E-state index contributed by atoms with van der Waals surface area (Å²) in [5.41, 5.74) is 4.17. The van der Waals surface area contributed by atoms with Gasteiger partial charge in [-0.2, -0.15) is 0 Å². The second-order valence-electron chi connectivity index (χ2n) is 16.9. The molecular formula is C38H58N2O4. The van der Waals surface area contributed by atoms with Crippen LogP contribution >= 0.6 is 0 Å². The lowest BCUT2D eigenvalue weighted by molar-refractivity contribution is -0.212. The van der Waals surface area contributed by atoms with Crippen LogP contribution < -0.4 is 5.32 Å². The molecule has 6 heteroatoms. The van der Waals surface area contributed by atoms with Crippen LogP contribution in [0.3, 0.4) is 0 Å². The molecule has 0 aromatic heterocycles. The smallest absolute Gasteiger partial charge is 0.306 e. The Kier molecular flexibility index (Phi) is 7.92. The quantitative estimate of drug-likeness (QED) is 0.352. The highest BCUT2D eigenvalue weighted by molar-refractivity contribution is 5.78. The molecule has 9 unspecified atom stereocenters. The average molecular weight is 607 g/mol. The number of nitrogens with zero attached hydrogens (tertiary/aromatic N) is 1. The standard InChI is InChI=1S/C38H58N2O4/c1-25-28(26-7-9-27(10-8-26)34(42)43)13-16-35(2)29(25)14-17-37(4)32(35)12-11-30-31-6-5-15-38(31,19-18-36(30,37)3)39-24-33(41)40-20-22-44-23-21-40/h7,13,25,27,29-32,39H,5-6,8-12,14-24H2,1-4H3,(H,42,43)/t25?,27?,29?,30?,31?,32?,35?,36-,37?,38?/m1/s1. The van der Waals surface area contributed by atoms with Crippen LogP contribution in [0.5, 0.6) is 0 Å². The third-order valence-corrected chi connectivity index (χ3v) is 15.6. The molecular weight excluding hydrogens is 548 g/mol. The van der Waals surface area contributed by atoms with Gasteiger partial charge in [0.25, 0.3) is 0 Å². The number of morpholine rings is 1. The first kappa shape index (κ1) is 31.0. The minimum atomic E-state index is -0.635. The Bertz CT molecular complexity index is 1220. The summed E-state index contributed by atoms with van der Waals surface area (Å²) in [6, 6.07) is 0. The minimum Gasteiger partial charge on any atom is -0.481 e. The zero-order valence-corrected chi connectivity index (χ0v) is 28.0. The van der Waals surface area contributed by atoms with E-state index >= 15 is 0 Å². The SMILES string of the molecule is CC1C(C2=CCC(C(=O)O)CC2)=CCC2(C)C1CCC1(C)C2CCC2C3CCCC3(NCC(=O)N3CCOCC3)CC[C@]21C. The van der Waals surface area contributed by atoms with Crippen LogP contribution in [0.4, 0.5) is 0 Å². The second kappa shape index (κ2) is 11.2. The van der Waals surface area contributed by atoms with Crippen molar-refractivity contribution >= 4 is 11.9 Å². The molecule has 6 aliphatic carbocycles. The summed E-state index contributed by atoms with van der Waals surface area (Å²) in [6.45, 7) is 13.8. The summed E-state index contributed by atoms with van der Waals surface area (Å²) >= 11 is 0. The lowest BCUT2D eigenvalue weighted by Crippen LogP contribution is -2.67. The van der Waals surface area contributed by atoms with Gasteiger partial charge in [0.1, 0.15) is 0 Å². The van der Waals surface area contributed by atoms with Gasteiger partial charge in [-0.3, -0.25) is 9.59 Å². The molecule has 1 aliphatic heterocycles. The molecule has 5 fully saturated rings. The lowest BCUT2D eigenvalue weighted by atomic mass is 9.34. The molecule has 0 spiro atoms. The summed E-state index contributed by atoms with van der Waals surface area (Å²) in [4.78, 5) is 26.7. The van der Waals surface area contributed by atoms with Gasteiger partial charge in [0.2, 0.25) is 5.91 Å². The highest BCUT2D eigenvalue weighted by Crippen LogP contribution is 2.75. The molecule has 7 rings (SSSR count). The molecule has 0 radical (unpaired) electrons. The molecule has 1 heterocycles. The van der Waals surface area contributed by atoms with Crippen molar-refractivity contribution in [3.05, 3.63) is 23.3 Å². The largest absolute Gasteiger partial charge is 0.481 e. The molecule has 0 aromatic rings. The monoisotopic (exact) mass is 606 g/mol. The Morgan fingerprint density at radius 3 is 2.45 bits per heavy atom. The number of ether oxygens (including phenoxy) is 1. The van der Waals surface area contributed by atoms with Gasteiger partial charge < -0.3 is 20.1 Å². The fraction of sp³-hybridized carbons (Fsp3) is 0.842. The fourth-order valence-electron chi connectivity index (χ4n) is 13.0. The molecule has 0 aromatic carbocycles. The van der Waals surface area contributed by atoms with Crippen LogP contribution in [-0.2, 0) is 14.3 Å². The first-order chi connectivity index (χ1) is 21.0. The number of carbonyl (C=O) groups is 2. The van der Waals surface area contributed by atoms with Crippen LogP contribution in [-0.4, -0.2) is 60.3 Å². The fourth-order valence-corrected chi connectivity index (χ4v) is 13.0. The van der Waals surface area contributed by atoms with Crippen molar-refractivity contribution in [3.63, 3.8) is 0 Å². The summed E-state index contributed by atoms with van der Waals surface area (Å²) in [5, 5.41) is 13.5. The first-order valence-electron chi connectivity index (χ1n) is 18.3. The van der Waals surface area contributed by atoms with Crippen LogP contribution in [0.1, 0.15) is 111 Å². The maximum absolute atomic E-state index is 13.1. The van der Waals surface area contributed by atoms with E-state index in [0.29, 0.717) is 60.2 Å². The van der Waals surface area contributed by atoms with Crippen molar-refractivity contribution < 1.29 is 19.4 Å². The normalized spacial score (nSPS) is 47.0. The summed E-state index contributed by atoms with van der Waals surface area (Å²) in [7, 11) is 0. The Labute approximate surface area is 265 Å². The molecule has 44 heavy (non-hydrogen) atoms. The molecule has 1 saturated heterocycles. The van der Waals surface area contributed by atoms with Gasteiger partial charge in [0.05, 0.1) is 25.7 Å². The van der Waals surface area contributed by atoms with E-state index in [4.69, 9.17) is 4.74 Å². The summed E-state index contributed by atoms with van der Waals surface area (Å²) in [6.07, 6.45) is 20.1. The highest BCUT2D eigenvalue weighted by Gasteiger charge is 2.68. The predicted molar refractivity (Wildman–Crippen MR) is 173 cm³/mol. The maximum Gasteiger partial charge on any atom is 0.306 e. The van der Waals surface area contributed by atoms with Gasteiger partial charge in [-0.15, -0.1) is 0 Å². The molecule has 2 N–H and O–H groups in total. The first-order valence-corrected chi connectivity index (χ1v) is 18.3. The van der Waals surface area contributed by atoms with E-state index < -0.39 is 5.97 Å². The Balaban J connectivity index is 1.09. The summed E-state index contributed by atoms with van der Waals surface area (Å²) < 4.78 is 5.49. The molecule has 0 bridgehead atoms. The highest BCUT2D eigenvalue weighted by atomic mass is 16.5. The zero-order chi connectivity index (χ0) is 30.9. The van der Waals surface area contributed by atoms with Gasteiger partial charge in [-0.1, -0.05) is 46.3 Å². The van der Waals surface area contributed by atoms with E-state index in [9.17, 15) is 14.7 Å². The van der Waals surface area contributed by atoms with Crippen LogP contribution in [0.2, 0.25) is 0 Å². The van der Waals surface area contributed by atoms with Gasteiger partial charge in [-0.25, -0.2) is 0 Å². The Morgan fingerprint density at radius 2 is 1.73 bits per heavy atom. The number of hydrogen-bond donors (Lipinski definition) is 2. The van der Waals surface area contributed by atoms with Crippen molar-refractivity contribution in [2.45, 2.75) is 117 Å². The van der Waals surface area contributed by atoms with Gasteiger partial charge in [-0.05, 0) is 134 Å². The van der Waals surface area contributed by atoms with Gasteiger partial charge in [0.15, 0.2) is 0 Å². The molecule has 10 atom stereocenters. The second-order valence-corrected chi connectivity index (χ2v) is 16.9. The number of fused-ring (bicyclic) bond motifs is 7. The van der Waals surface area contributed by atoms with E-state index in [1.807, 2.05) is 4.90 Å². The summed E-state index contributed by atoms with van der Waals surface area (Å²) in [5.74, 6) is 2.86. The van der Waals surface area contributed by atoms with E-state index in [1.165, 1.54) is 69.8 Å². The van der Waals surface area contributed by atoms with E-state index in [-0.39, 0.29) is 17.4 Å². The third-order valence-electron chi connectivity index (χ3n) is 15.6. The number of carboxylic acid groups (broad SMARTS) is 1. The van der Waals surface area contributed by atoms with Gasteiger partial charge >= 0.3 is 5.97 Å². The number of nitrogens with one attached hydrogen (secondary N) is 1. The molecule has 1 amide bonds. The van der Waals surface area contributed by atoms with Crippen LogP contribution in [0.25, 0.3) is 0 Å². The van der Waals surface area contributed by atoms with E-state index in [0.717, 1.165) is 37.8 Å².